The van der Waals surface area contributed by atoms with Gasteiger partial charge in [0.2, 0.25) is 0 Å². The van der Waals surface area contributed by atoms with Crippen LogP contribution in [0.5, 0.6) is 0 Å². The van der Waals surface area contributed by atoms with E-state index in [4.69, 9.17) is 0 Å². The molecule has 1 fully saturated rings. The molecule has 1 spiro atoms. The zero-order valence-corrected chi connectivity index (χ0v) is 13.9. The molecule has 1 aliphatic carbocycles. The third-order valence-electron chi connectivity index (χ3n) is 5.32. The SMILES string of the molecule is O=C1c2ccccc2C23C(=C(Br)c4ccc(F)cc42)CCCN13. The van der Waals surface area contributed by atoms with Crippen LogP contribution < -0.4 is 0 Å². The molecule has 1 saturated heterocycles. The van der Waals surface area contributed by atoms with Crippen molar-refractivity contribution in [3.63, 3.8) is 0 Å². The minimum Gasteiger partial charge on any atom is -0.321 e. The highest BCUT2D eigenvalue weighted by Crippen LogP contribution is 2.60. The zero-order chi connectivity index (χ0) is 15.8. The molecule has 2 aliphatic heterocycles. The summed E-state index contributed by atoms with van der Waals surface area (Å²) in [7, 11) is 0. The van der Waals surface area contributed by atoms with Crippen molar-refractivity contribution in [2.24, 2.45) is 0 Å². The molecule has 4 heteroatoms. The lowest BCUT2D eigenvalue weighted by atomic mass is 9.76. The lowest BCUT2D eigenvalue weighted by molar-refractivity contribution is 0.0634. The van der Waals surface area contributed by atoms with E-state index in [1.807, 2.05) is 35.2 Å². The number of piperidine rings is 1. The second-order valence-corrected chi connectivity index (χ2v) is 7.09. The fourth-order valence-corrected chi connectivity index (χ4v) is 5.34. The van der Waals surface area contributed by atoms with E-state index in [2.05, 4.69) is 15.9 Å². The van der Waals surface area contributed by atoms with Crippen LogP contribution in [-0.2, 0) is 5.54 Å². The molecule has 0 aromatic heterocycles. The number of benzene rings is 2. The van der Waals surface area contributed by atoms with Crippen molar-refractivity contribution >= 4 is 26.3 Å². The molecule has 0 radical (unpaired) electrons. The second-order valence-electron chi connectivity index (χ2n) is 6.30. The average molecular weight is 370 g/mol. The van der Waals surface area contributed by atoms with Gasteiger partial charge in [0.15, 0.2) is 0 Å². The number of rotatable bonds is 0. The highest BCUT2D eigenvalue weighted by Gasteiger charge is 2.58. The predicted octanol–water partition coefficient (Wildman–Crippen LogP) is 4.44. The van der Waals surface area contributed by atoms with Gasteiger partial charge in [0.05, 0.1) is 0 Å². The zero-order valence-electron chi connectivity index (χ0n) is 12.3. The third kappa shape index (κ3) is 1.41. The smallest absolute Gasteiger partial charge is 0.255 e. The number of nitrogens with zero attached hydrogens (tertiary/aromatic N) is 1. The summed E-state index contributed by atoms with van der Waals surface area (Å²) in [6.45, 7) is 0.702. The Hall–Kier alpha value is -1.94. The number of hydrogen-bond donors (Lipinski definition) is 0. The van der Waals surface area contributed by atoms with Crippen LogP contribution >= 0.6 is 15.9 Å². The van der Waals surface area contributed by atoms with Gasteiger partial charge in [-0.2, -0.15) is 0 Å². The van der Waals surface area contributed by atoms with Gasteiger partial charge in [0.1, 0.15) is 11.4 Å². The van der Waals surface area contributed by atoms with Crippen LogP contribution in [0.2, 0.25) is 0 Å². The number of amides is 1. The third-order valence-corrected chi connectivity index (χ3v) is 6.22. The van der Waals surface area contributed by atoms with Crippen LogP contribution in [0.15, 0.2) is 48.0 Å². The van der Waals surface area contributed by atoms with E-state index >= 15 is 0 Å². The van der Waals surface area contributed by atoms with E-state index in [1.54, 1.807) is 6.07 Å². The Morgan fingerprint density at radius 2 is 1.91 bits per heavy atom. The molecule has 114 valence electrons. The topological polar surface area (TPSA) is 20.3 Å². The Morgan fingerprint density at radius 1 is 1.09 bits per heavy atom. The molecule has 1 amide bonds. The monoisotopic (exact) mass is 369 g/mol. The summed E-state index contributed by atoms with van der Waals surface area (Å²) in [5.74, 6) is -0.211. The van der Waals surface area contributed by atoms with E-state index < -0.39 is 5.54 Å². The minimum absolute atomic E-state index is 0.0511. The van der Waals surface area contributed by atoms with E-state index in [-0.39, 0.29) is 11.7 Å². The summed E-state index contributed by atoms with van der Waals surface area (Å²) < 4.78 is 15.1. The lowest BCUT2D eigenvalue weighted by Gasteiger charge is -2.43. The molecule has 2 aromatic rings. The van der Waals surface area contributed by atoms with Crippen LogP contribution in [0.3, 0.4) is 0 Å². The van der Waals surface area contributed by atoms with E-state index in [9.17, 15) is 9.18 Å². The summed E-state index contributed by atoms with van der Waals surface area (Å²) in [6, 6.07) is 12.7. The van der Waals surface area contributed by atoms with Gasteiger partial charge >= 0.3 is 0 Å². The number of halogens is 2. The van der Waals surface area contributed by atoms with Crippen molar-refractivity contribution in [3.05, 3.63) is 76.1 Å². The van der Waals surface area contributed by atoms with E-state index in [0.717, 1.165) is 39.6 Å². The molecular weight excluding hydrogens is 357 g/mol. The fourth-order valence-electron chi connectivity index (χ4n) is 4.51. The number of carbonyl (C=O) groups is 1. The normalized spacial score (nSPS) is 24.4. The summed E-state index contributed by atoms with van der Waals surface area (Å²) >= 11 is 3.73. The van der Waals surface area contributed by atoms with Crippen LogP contribution in [0.1, 0.15) is 39.9 Å². The Balaban J connectivity index is 1.95. The number of carbonyl (C=O) groups excluding carboxylic acids is 1. The van der Waals surface area contributed by atoms with Crippen molar-refractivity contribution in [3.8, 4) is 0 Å². The Labute approximate surface area is 141 Å². The maximum atomic E-state index is 14.0. The molecular formula is C19H13BrFNO. The molecule has 1 unspecified atom stereocenters. The first-order valence-electron chi connectivity index (χ1n) is 7.76. The second kappa shape index (κ2) is 4.32. The van der Waals surface area contributed by atoms with Crippen molar-refractivity contribution < 1.29 is 9.18 Å². The van der Waals surface area contributed by atoms with Gasteiger partial charge in [-0.25, -0.2) is 4.39 Å². The first-order valence-corrected chi connectivity index (χ1v) is 8.56. The molecule has 23 heavy (non-hydrogen) atoms. The van der Waals surface area contributed by atoms with Crippen LogP contribution in [0, 0.1) is 5.82 Å². The predicted molar refractivity (Wildman–Crippen MR) is 89.7 cm³/mol. The summed E-state index contributed by atoms with van der Waals surface area (Å²) in [5, 5.41) is 0. The average Bonchev–Trinajstić information content (AvgIpc) is 2.99. The van der Waals surface area contributed by atoms with Crippen molar-refractivity contribution in [2.45, 2.75) is 18.4 Å². The molecule has 1 atom stereocenters. The first kappa shape index (κ1) is 13.5. The molecule has 0 bridgehead atoms. The van der Waals surface area contributed by atoms with Crippen LogP contribution in [0.25, 0.3) is 4.48 Å². The fraction of sp³-hybridized carbons (Fsp3) is 0.211. The highest BCUT2D eigenvalue weighted by molar-refractivity contribution is 9.15. The van der Waals surface area contributed by atoms with Gasteiger partial charge in [0, 0.05) is 16.6 Å². The van der Waals surface area contributed by atoms with Gasteiger partial charge < -0.3 is 4.90 Å². The van der Waals surface area contributed by atoms with Crippen molar-refractivity contribution in [1.82, 2.24) is 4.90 Å². The maximum absolute atomic E-state index is 14.0. The van der Waals surface area contributed by atoms with Crippen LogP contribution in [0.4, 0.5) is 4.39 Å². The summed E-state index contributed by atoms with van der Waals surface area (Å²) in [4.78, 5) is 14.9. The molecule has 2 heterocycles. The lowest BCUT2D eigenvalue weighted by Crippen LogP contribution is -2.48. The standard InChI is InChI=1S/C19H13BrFNO/c20-17-12-8-7-11(21)10-16(12)19-14-5-2-1-4-13(14)18(23)22(19)9-3-6-15(17)19/h1-2,4-5,7-8,10H,3,6,9H2. The first-order chi connectivity index (χ1) is 11.2. The maximum Gasteiger partial charge on any atom is 0.255 e. The van der Waals surface area contributed by atoms with E-state index in [0.29, 0.717) is 6.54 Å². The quantitative estimate of drug-likeness (QED) is 0.672. The van der Waals surface area contributed by atoms with Crippen LogP contribution in [-0.4, -0.2) is 17.4 Å². The largest absolute Gasteiger partial charge is 0.321 e. The van der Waals surface area contributed by atoms with Gasteiger partial charge in [-0.15, -0.1) is 0 Å². The van der Waals surface area contributed by atoms with Gasteiger partial charge in [0.25, 0.3) is 5.91 Å². The molecule has 0 N–H and O–H groups in total. The number of hydrogen-bond acceptors (Lipinski definition) is 1. The Bertz CT molecular complexity index is 919. The van der Waals surface area contributed by atoms with Gasteiger partial charge in [-0.3, -0.25) is 4.79 Å². The Morgan fingerprint density at radius 3 is 2.78 bits per heavy atom. The summed E-state index contributed by atoms with van der Waals surface area (Å²) in [5.41, 5.74) is 4.17. The summed E-state index contributed by atoms with van der Waals surface area (Å²) in [6.07, 6.45) is 1.84. The molecule has 2 nitrogen and oxygen atoms in total. The Kier molecular flexibility index (Phi) is 2.54. The molecule has 2 aromatic carbocycles. The van der Waals surface area contributed by atoms with Crippen molar-refractivity contribution in [2.75, 3.05) is 6.54 Å². The van der Waals surface area contributed by atoms with E-state index in [1.165, 1.54) is 11.6 Å². The number of fused-ring (bicyclic) bond motifs is 2. The van der Waals surface area contributed by atoms with Crippen molar-refractivity contribution in [1.29, 1.82) is 0 Å². The molecule has 5 rings (SSSR count). The highest BCUT2D eigenvalue weighted by atomic mass is 79.9. The molecule has 3 aliphatic rings. The van der Waals surface area contributed by atoms with Gasteiger partial charge in [-0.05, 0) is 53.3 Å². The molecule has 0 saturated carbocycles. The minimum atomic E-state index is -0.623. The van der Waals surface area contributed by atoms with Gasteiger partial charge in [-0.1, -0.05) is 40.2 Å².